The van der Waals surface area contributed by atoms with Crippen LogP contribution in [0.15, 0.2) is 20.1 Å². The lowest BCUT2D eigenvalue weighted by molar-refractivity contribution is 0.371. The summed E-state index contributed by atoms with van der Waals surface area (Å²) < 4.78 is 6.14. The molecule has 1 aromatic carbocycles. The zero-order valence-electron chi connectivity index (χ0n) is 8.70. The van der Waals surface area contributed by atoms with Crippen molar-refractivity contribution in [2.24, 2.45) is 10.8 Å². The molecule has 0 aliphatic heterocycles. The predicted octanol–water partition coefficient (Wildman–Crippen LogP) is 2.09. The van der Waals surface area contributed by atoms with Gasteiger partial charge in [0.2, 0.25) is 0 Å². The molecule has 0 aliphatic carbocycles. The molecular formula is C9H9Br2N3O2S. The first-order chi connectivity index (χ1) is 7.97. The summed E-state index contributed by atoms with van der Waals surface area (Å²) in [6, 6.07) is 1.62. The van der Waals surface area contributed by atoms with Gasteiger partial charge in [0.1, 0.15) is 0 Å². The van der Waals surface area contributed by atoms with Crippen LogP contribution in [-0.2, 0) is 0 Å². The van der Waals surface area contributed by atoms with E-state index < -0.39 is 0 Å². The van der Waals surface area contributed by atoms with Gasteiger partial charge in [-0.1, -0.05) is 0 Å². The molecule has 0 heterocycles. The number of nitrogens with zero attached hydrogens (tertiary/aromatic N) is 1. The Morgan fingerprint density at radius 3 is 2.76 bits per heavy atom. The second kappa shape index (κ2) is 6.18. The van der Waals surface area contributed by atoms with E-state index in [0.29, 0.717) is 20.3 Å². The monoisotopic (exact) mass is 381 g/mol. The molecule has 17 heavy (non-hydrogen) atoms. The second-order valence-corrected chi connectivity index (χ2v) is 4.90. The first kappa shape index (κ1) is 14.2. The quantitative estimate of drug-likeness (QED) is 0.423. The van der Waals surface area contributed by atoms with Crippen molar-refractivity contribution in [2.45, 2.75) is 0 Å². The van der Waals surface area contributed by atoms with Crippen molar-refractivity contribution in [1.82, 2.24) is 5.43 Å². The normalized spacial score (nSPS) is 10.5. The Morgan fingerprint density at radius 2 is 2.24 bits per heavy atom. The van der Waals surface area contributed by atoms with Gasteiger partial charge < -0.3 is 15.6 Å². The standard InChI is InChI=1S/C9H9Br2N3O2S/c1-16-5-2-4(3-13-14-9(12)17)6(10)7(11)8(5)15/h2-3,15H,1H3,(H3,12,14,17)/b13-3+. The Kier molecular flexibility index (Phi) is 5.16. The molecule has 0 aliphatic rings. The number of hydrogen-bond acceptors (Lipinski definition) is 4. The third-order valence-electron chi connectivity index (χ3n) is 1.77. The molecule has 0 aromatic heterocycles. The van der Waals surface area contributed by atoms with Gasteiger partial charge in [0, 0.05) is 10.0 Å². The zero-order chi connectivity index (χ0) is 13.0. The lowest BCUT2D eigenvalue weighted by Crippen LogP contribution is -2.24. The van der Waals surface area contributed by atoms with Crippen molar-refractivity contribution in [3.8, 4) is 11.5 Å². The molecule has 0 unspecified atom stereocenters. The zero-order valence-corrected chi connectivity index (χ0v) is 12.7. The number of hydrazone groups is 1. The molecule has 1 rings (SSSR count). The molecule has 92 valence electrons. The van der Waals surface area contributed by atoms with Crippen molar-refractivity contribution < 1.29 is 9.84 Å². The van der Waals surface area contributed by atoms with Gasteiger partial charge in [-0.3, -0.25) is 5.43 Å². The number of phenols is 1. The number of nitrogens with one attached hydrogen (secondary N) is 1. The fraction of sp³-hybridized carbons (Fsp3) is 0.111. The lowest BCUT2D eigenvalue weighted by Gasteiger charge is -2.09. The SMILES string of the molecule is COc1cc(/C=N/NC(N)=S)c(Br)c(Br)c1O. The summed E-state index contributed by atoms with van der Waals surface area (Å²) in [5.41, 5.74) is 8.35. The van der Waals surface area contributed by atoms with Gasteiger partial charge in [-0.05, 0) is 50.1 Å². The number of phenolic OH excluding ortho intramolecular Hbond substituents is 1. The fourth-order valence-electron chi connectivity index (χ4n) is 1.03. The number of methoxy groups -OCH3 is 1. The van der Waals surface area contributed by atoms with Crippen molar-refractivity contribution >= 4 is 55.4 Å². The topological polar surface area (TPSA) is 79.9 Å². The van der Waals surface area contributed by atoms with Crippen molar-refractivity contribution in [3.63, 3.8) is 0 Å². The summed E-state index contributed by atoms with van der Waals surface area (Å²) in [4.78, 5) is 0. The highest BCUT2D eigenvalue weighted by Crippen LogP contribution is 2.41. The third kappa shape index (κ3) is 3.55. The average Bonchev–Trinajstić information content (AvgIpc) is 2.29. The van der Waals surface area contributed by atoms with E-state index in [9.17, 15) is 5.11 Å². The minimum atomic E-state index is 0.0128. The molecule has 0 radical (unpaired) electrons. The van der Waals surface area contributed by atoms with Crippen LogP contribution in [0.4, 0.5) is 0 Å². The van der Waals surface area contributed by atoms with Gasteiger partial charge >= 0.3 is 0 Å². The molecule has 0 saturated heterocycles. The lowest BCUT2D eigenvalue weighted by atomic mass is 10.2. The summed E-state index contributed by atoms with van der Waals surface area (Å²) in [6.45, 7) is 0. The van der Waals surface area contributed by atoms with E-state index in [4.69, 9.17) is 10.5 Å². The largest absolute Gasteiger partial charge is 0.503 e. The van der Waals surface area contributed by atoms with Crippen LogP contribution in [-0.4, -0.2) is 23.5 Å². The predicted molar refractivity (Wildman–Crippen MR) is 77.6 cm³/mol. The molecular weight excluding hydrogens is 374 g/mol. The molecule has 0 atom stereocenters. The van der Waals surface area contributed by atoms with Gasteiger partial charge in [0.25, 0.3) is 0 Å². The Hall–Kier alpha value is -0.860. The summed E-state index contributed by atoms with van der Waals surface area (Å²) in [5, 5.41) is 13.6. The molecule has 0 fully saturated rings. The van der Waals surface area contributed by atoms with Crippen LogP contribution in [0.25, 0.3) is 0 Å². The summed E-state index contributed by atoms with van der Waals surface area (Å²) in [6.07, 6.45) is 1.50. The van der Waals surface area contributed by atoms with Crippen LogP contribution < -0.4 is 15.9 Å². The van der Waals surface area contributed by atoms with E-state index in [1.807, 2.05) is 0 Å². The highest BCUT2D eigenvalue weighted by Gasteiger charge is 2.13. The van der Waals surface area contributed by atoms with Crippen LogP contribution in [0, 0.1) is 0 Å². The molecule has 0 amide bonds. The average molecular weight is 383 g/mol. The molecule has 1 aromatic rings. The Bertz CT molecular complexity index is 480. The minimum absolute atomic E-state index is 0.0128. The summed E-state index contributed by atoms with van der Waals surface area (Å²) >= 11 is 11.2. The third-order valence-corrected chi connectivity index (χ3v) is 4.02. The van der Waals surface area contributed by atoms with E-state index in [2.05, 4.69) is 54.6 Å². The Labute approximate surface area is 120 Å². The number of thiocarbonyl (C=S) groups is 1. The van der Waals surface area contributed by atoms with Crippen LogP contribution in [0.3, 0.4) is 0 Å². The fourth-order valence-corrected chi connectivity index (χ4v) is 1.91. The number of hydrogen-bond donors (Lipinski definition) is 3. The van der Waals surface area contributed by atoms with Crippen molar-refractivity contribution in [3.05, 3.63) is 20.6 Å². The maximum atomic E-state index is 9.71. The van der Waals surface area contributed by atoms with E-state index in [0.717, 1.165) is 0 Å². The van der Waals surface area contributed by atoms with Crippen molar-refractivity contribution in [1.29, 1.82) is 0 Å². The number of benzene rings is 1. The number of ether oxygens (including phenoxy) is 1. The summed E-state index contributed by atoms with van der Waals surface area (Å²) in [5.74, 6) is 0.343. The van der Waals surface area contributed by atoms with Gasteiger partial charge in [0.15, 0.2) is 16.6 Å². The molecule has 0 spiro atoms. The molecule has 4 N–H and O–H groups in total. The maximum absolute atomic E-state index is 9.71. The first-order valence-electron chi connectivity index (χ1n) is 4.30. The second-order valence-electron chi connectivity index (χ2n) is 2.88. The van der Waals surface area contributed by atoms with E-state index in [-0.39, 0.29) is 10.9 Å². The Balaban J connectivity index is 3.12. The van der Waals surface area contributed by atoms with Crippen LogP contribution in [0.5, 0.6) is 11.5 Å². The highest BCUT2D eigenvalue weighted by atomic mass is 79.9. The van der Waals surface area contributed by atoms with Gasteiger partial charge in [-0.15, -0.1) is 0 Å². The van der Waals surface area contributed by atoms with Gasteiger partial charge in [-0.2, -0.15) is 5.10 Å². The molecule has 0 saturated carbocycles. The number of aromatic hydroxyl groups is 1. The minimum Gasteiger partial charge on any atom is -0.503 e. The molecule has 5 nitrogen and oxygen atoms in total. The number of halogens is 2. The van der Waals surface area contributed by atoms with Crippen LogP contribution in [0.1, 0.15) is 5.56 Å². The van der Waals surface area contributed by atoms with Crippen LogP contribution in [0.2, 0.25) is 0 Å². The first-order valence-corrected chi connectivity index (χ1v) is 6.30. The highest BCUT2D eigenvalue weighted by molar-refractivity contribution is 9.13. The summed E-state index contributed by atoms with van der Waals surface area (Å²) in [7, 11) is 1.46. The van der Waals surface area contributed by atoms with Gasteiger partial charge in [0.05, 0.1) is 17.8 Å². The van der Waals surface area contributed by atoms with Gasteiger partial charge in [-0.25, -0.2) is 0 Å². The van der Waals surface area contributed by atoms with Crippen LogP contribution >= 0.6 is 44.1 Å². The van der Waals surface area contributed by atoms with E-state index >= 15 is 0 Å². The van der Waals surface area contributed by atoms with E-state index in [1.165, 1.54) is 13.3 Å². The molecule has 0 bridgehead atoms. The maximum Gasteiger partial charge on any atom is 0.184 e. The van der Waals surface area contributed by atoms with E-state index in [1.54, 1.807) is 6.07 Å². The Morgan fingerprint density at radius 1 is 1.59 bits per heavy atom. The smallest absolute Gasteiger partial charge is 0.184 e. The molecule has 8 heteroatoms. The number of rotatable bonds is 3. The van der Waals surface area contributed by atoms with Crippen molar-refractivity contribution in [2.75, 3.05) is 7.11 Å². The number of nitrogens with two attached hydrogens (primary N) is 1.